The van der Waals surface area contributed by atoms with Crippen molar-refractivity contribution in [1.29, 1.82) is 0 Å². The first kappa shape index (κ1) is 13.9. The first-order chi connectivity index (χ1) is 8.47. The quantitative estimate of drug-likeness (QED) is 0.483. The number of nitrogens with zero attached hydrogens (tertiary/aromatic N) is 1. The lowest BCUT2D eigenvalue weighted by atomic mass is 10.1. The Morgan fingerprint density at radius 2 is 2.17 bits per heavy atom. The van der Waals surface area contributed by atoms with E-state index < -0.39 is 34.9 Å². The van der Waals surface area contributed by atoms with E-state index in [0.29, 0.717) is 0 Å². The molecule has 1 atom stereocenters. The van der Waals surface area contributed by atoms with Crippen molar-refractivity contribution in [3.63, 3.8) is 0 Å². The molecule has 0 fully saturated rings. The number of rotatable bonds is 6. The molecule has 1 aromatic rings. The van der Waals surface area contributed by atoms with Gasteiger partial charge in [0.25, 0.3) is 5.69 Å². The molecule has 0 aliphatic carbocycles. The highest BCUT2D eigenvalue weighted by Gasteiger charge is 2.24. The topological polar surface area (TPSA) is 130 Å². The van der Waals surface area contributed by atoms with E-state index in [9.17, 15) is 14.9 Å². The van der Waals surface area contributed by atoms with E-state index >= 15 is 0 Å². The summed E-state index contributed by atoms with van der Waals surface area (Å²) in [6, 6.07) is 3.55. The third-order valence-corrected chi connectivity index (χ3v) is 2.06. The van der Waals surface area contributed by atoms with Crippen molar-refractivity contribution in [3.05, 3.63) is 33.9 Å². The van der Waals surface area contributed by atoms with Crippen LogP contribution in [0, 0.1) is 10.1 Å². The molecule has 18 heavy (non-hydrogen) atoms. The second-order valence-corrected chi connectivity index (χ2v) is 3.36. The number of benzene rings is 1. The molecule has 98 valence electrons. The number of ether oxygens (including phenoxy) is 1. The molecule has 0 amide bonds. The fourth-order valence-corrected chi connectivity index (χ4v) is 1.25. The smallest absolute Gasteiger partial charge is 0.346 e. The first-order valence-corrected chi connectivity index (χ1v) is 4.89. The normalized spacial score (nSPS) is 11.9. The van der Waals surface area contributed by atoms with E-state index in [0.717, 1.165) is 6.07 Å². The lowest BCUT2D eigenvalue weighted by molar-refractivity contribution is -0.385. The SMILES string of the molecule is O=C(O)c1c(OCC(O)CO)cccc1[N+](=O)[O-]. The summed E-state index contributed by atoms with van der Waals surface area (Å²) in [4.78, 5) is 20.8. The van der Waals surface area contributed by atoms with Crippen molar-refractivity contribution in [2.45, 2.75) is 6.10 Å². The fraction of sp³-hybridized carbons (Fsp3) is 0.300. The van der Waals surface area contributed by atoms with E-state index in [1.54, 1.807) is 0 Å². The summed E-state index contributed by atoms with van der Waals surface area (Å²) in [6.45, 7) is -0.921. The maximum atomic E-state index is 11.0. The van der Waals surface area contributed by atoms with Crippen LogP contribution in [0.3, 0.4) is 0 Å². The Hall–Kier alpha value is -2.19. The molecule has 0 aliphatic heterocycles. The fourth-order valence-electron chi connectivity index (χ4n) is 1.25. The van der Waals surface area contributed by atoms with Gasteiger partial charge in [0.15, 0.2) is 5.56 Å². The molecular formula is C10H11NO7. The molecule has 0 aliphatic rings. The van der Waals surface area contributed by atoms with Crippen LogP contribution < -0.4 is 4.74 Å². The third kappa shape index (κ3) is 3.15. The van der Waals surface area contributed by atoms with Gasteiger partial charge in [-0.3, -0.25) is 10.1 Å². The molecule has 8 nitrogen and oxygen atoms in total. The monoisotopic (exact) mass is 257 g/mol. The van der Waals surface area contributed by atoms with Crippen molar-refractivity contribution in [2.24, 2.45) is 0 Å². The van der Waals surface area contributed by atoms with Crippen molar-refractivity contribution in [2.75, 3.05) is 13.2 Å². The number of carbonyl (C=O) groups is 1. The molecule has 0 heterocycles. The van der Waals surface area contributed by atoms with Gasteiger partial charge in [-0.05, 0) is 6.07 Å². The number of aliphatic hydroxyl groups excluding tert-OH is 2. The van der Waals surface area contributed by atoms with Crippen LogP contribution in [0.2, 0.25) is 0 Å². The van der Waals surface area contributed by atoms with Crippen LogP contribution in [0.15, 0.2) is 18.2 Å². The molecular weight excluding hydrogens is 246 g/mol. The van der Waals surface area contributed by atoms with Gasteiger partial charge in [0.2, 0.25) is 0 Å². The molecule has 0 bridgehead atoms. The van der Waals surface area contributed by atoms with Gasteiger partial charge in [-0.2, -0.15) is 0 Å². The molecule has 1 unspecified atom stereocenters. The van der Waals surface area contributed by atoms with Crippen LogP contribution in [-0.4, -0.2) is 45.5 Å². The molecule has 0 aromatic heterocycles. The number of aromatic carboxylic acids is 1. The molecule has 1 aromatic carbocycles. The minimum atomic E-state index is -1.50. The van der Waals surface area contributed by atoms with Crippen LogP contribution in [-0.2, 0) is 0 Å². The third-order valence-electron chi connectivity index (χ3n) is 2.06. The average molecular weight is 257 g/mol. The van der Waals surface area contributed by atoms with E-state index in [1.165, 1.54) is 12.1 Å². The Balaban J connectivity index is 3.07. The number of aliphatic hydroxyl groups is 2. The van der Waals surface area contributed by atoms with E-state index in [-0.39, 0.29) is 12.4 Å². The Bertz CT molecular complexity index is 460. The number of hydrogen-bond acceptors (Lipinski definition) is 6. The minimum absolute atomic E-state index is 0.232. The summed E-state index contributed by atoms with van der Waals surface area (Å²) in [6.07, 6.45) is -1.19. The van der Waals surface area contributed by atoms with Crippen LogP contribution in [0.4, 0.5) is 5.69 Å². The molecule has 0 saturated heterocycles. The second kappa shape index (κ2) is 5.94. The van der Waals surface area contributed by atoms with E-state index in [4.69, 9.17) is 20.1 Å². The highest BCUT2D eigenvalue weighted by molar-refractivity contribution is 5.95. The maximum absolute atomic E-state index is 11.0. The standard InChI is InChI=1S/C10H11NO7/c12-4-6(13)5-18-8-3-1-2-7(11(16)17)9(8)10(14)15/h1-3,6,12-13H,4-5H2,(H,14,15). The summed E-state index contributed by atoms with van der Waals surface area (Å²) in [7, 11) is 0. The Labute approximate surface area is 101 Å². The van der Waals surface area contributed by atoms with Crippen LogP contribution in [0.1, 0.15) is 10.4 Å². The molecule has 0 saturated carbocycles. The summed E-state index contributed by atoms with van der Waals surface area (Å²) < 4.78 is 4.95. The molecule has 8 heteroatoms. The Kier molecular flexibility index (Phi) is 4.58. The van der Waals surface area contributed by atoms with Crippen molar-refractivity contribution in [3.8, 4) is 5.75 Å². The predicted octanol–water partition coefficient (Wildman–Crippen LogP) is 0.0250. The van der Waals surface area contributed by atoms with Gasteiger partial charge in [0, 0.05) is 6.07 Å². The predicted molar refractivity (Wildman–Crippen MR) is 58.6 cm³/mol. The van der Waals surface area contributed by atoms with Gasteiger partial charge in [-0.1, -0.05) is 6.07 Å². The highest BCUT2D eigenvalue weighted by atomic mass is 16.6. The lowest BCUT2D eigenvalue weighted by Gasteiger charge is -2.11. The largest absolute Gasteiger partial charge is 0.490 e. The van der Waals surface area contributed by atoms with Gasteiger partial charge in [0.05, 0.1) is 11.5 Å². The van der Waals surface area contributed by atoms with E-state index in [1.807, 2.05) is 0 Å². The minimum Gasteiger partial charge on any atom is -0.490 e. The Morgan fingerprint density at radius 1 is 1.50 bits per heavy atom. The lowest BCUT2D eigenvalue weighted by Crippen LogP contribution is -2.22. The summed E-state index contributed by atoms with van der Waals surface area (Å²) in [5.74, 6) is -1.74. The number of carboxylic acid groups (broad SMARTS) is 1. The van der Waals surface area contributed by atoms with Gasteiger partial charge >= 0.3 is 5.97 Å². The first-order valence-electron chi connectivity index (χ1n) is 4.89. The zero-order valence-corrected chi connectivity index (χ0v) is 9.15. The molecule has 0 spiro atoms. The van der Waals surface area contributed by atoms with Gasteiger partial charge in [-0.15, -0.1) is 0 Å². The summed E-state index contributed by atoms with van der Waals surface area (Å²) in [5, 5.41) is 37.2. The van der Waals surface area contributed by atoms with Gasteiger partial charge < -0.3 is 20.1 Å². The number of nitro benzene ring substituents is 1. The van der Waals surface area contributed by atoms with Crippen LogP contribution >= 0.6 is 0 Å². The van der Waals surface area contributed by atoms with Crippen molar-refractivity contribution in [1.82, 2.24) is 0 Å². The van der Waals surface area contributed by atoms with Crippen LogP contribution in [0.5, 0.6) is 5.75 Å². The van der Waals surface area contributed by atoms with Gasteiger partial charge in [-0.25, -0.2) is 4.79 Å². The summed E-state index contributed by atoms with van der Waals surface area (Å²) >= 11 is 0. The molecule has 0 radical (unpaired) electrons. The van der Waals surface area contributed by atoms with E-state index in [2.05, 4.69) is 0 Å². The molecule has 3 N–H and O–H groups in total. The number of hydrogen-bond donors (Lipinski definition) is 3. The highest BCUT2D eigenvalue weighted by Crippen LogP contribution is 2.28. The Morgan fingerprint density at radius 3 is 2.67 bits per heavy atom. The molecule has 1 rings (SSSR count). The maximum Gasteiger partial charge on any atom is 0.346 e. The zero-order chi connectivity index (χ0) is 13.7. The van der Waals surface area contributed by atoms with Gasteiger partial charge in [0.1, 0.15) is 18.5 Å². The van der Waals surface area contributed by atoms with Crippen molar-refractivity contribution < 1.29 is 29.8 Å². The number of nitro groups is 1. The summed E-state index contributed by atoms with van der Waals surface area (Å²) in [5.41, 5.74) is -1.19. The zero-order valence-electron chi connectivity index (χ0n) is 9.15. The average Bonchev–Trinajstić information content (AvgIpc) is 2.34. The second-order valence-electron chi connectivity index (χ2n) is 3.36. The van der Waals surface area contributed by atoms with Crippen molar-refractivity contribution >= 4 is 11.7 Å². The van der Waals surface area contributed by atoms with Crippen LogP contribution in [0.25, 0.3) is 0 Å². The number of carboxylic acids is 1.